The van der Waals surface area contributed by atoms with Crippen molar-refractivity contribution in [2.24, 2.45) is 0 Å². The number of hydrogen-bond acceptors (Lipinski definition) is 4. The van der Waals surface area contributed by atoms with Gasteiger partial charge in [0, 0.05) is 6.20 Å². The molecule has 6 heteroatoms. The number of pyridine rings is 1. The Balaban J connectivity index is 1.94. The van der Waals surface area contributed by atoms with Crippen LogP contribution in [0.2, 0.25) is 0 Å². The number of carboxylic acid groups (broad SMARTS) is 1. The Morgan fingerprint density at radius 2 is 1.95 bits per heavy atom. The monoisotopic (exact) mass is 294 g/mol. The molecular formula is C16H14N4O2. The van der Waals surface area contributed by atoms with Crippen molar-refractivity contribution in [3.63, 3.8) is 0 Å². The zero-order valence-corrected chi connectivity index (χ0v) is 11.9. The molecule has 2 heterocycles. The van der Waals surface area contributed by atoms with Crippen LogP contribution in [0.3, 0.4) is 0 Å². The van der Waals surface area contributed by atoms with Gasteiger partial charge in [-0.1, -0.05) is 18.2 Å². The fourth-order valence-corrected chi connectivity index (χ4v) is 2.12. The van der Waals surface area contributed by atoms with E-state index in [1.165, 1.54) is 18.5 Å². The van der Waals surface area contributed by atoms with E-state index in [1.807, 2.05) is 43.5 Å². The fraction of sp³-hybridized carbons (Fsp3) is 0.0625. The molecular weight excluding hydrogens is 280 g/mol. The molecule has 3 aromatic rings. The first kappa shape index (κ1) is 13.8. The molecule has 0 fully saturated rings. The molecule has 1 aromatic carbocycles. The Kier molecular flexibility index (Phi) is 3.57. The number of anilines is 2. The van der Waals surface area contributed by atoms with Crippen LogP contribution in [-0.4, -0.2) is 25.8 Å². The van der Waals surface area contributed by atoms with Gasteiger partial charge in [-0.3, -0.25) is 4.98 Å². The van der Waals surface area contributed by atoms with Crippen LogP contribution in [0.4, 0.5) is 11.4 Å². The third-order valence-electron chi connectivity index (χ3n) is 3.24. The van der Waals surface area contributed by atoms with Gasteiger partial charge in [-0.05, 0) is 25.1 Å². The molecule has 0 aliphatic heterocycles. The highest BCUT2D eigenvalue weighted by Gasteiger charge is 2.12. The summed E-state index contributed by atoms with van der Waals surface area (Å²) in [6.45, 7) is 1.86. The molecule has 0 atom stereocenters. The lowest BCUT2D eigenvalue weighted by Gasteiger charge is -2.07. The molecule has 0 saturated carbocycles. The topological polar surface area (TPSA) is 80.0 Å². The number of para-hydroxylation sites is 1. The van der Waals surface area contributed by atoms with Crippen LogP contribution in [0.5, 0.6) is 0 Å². The third kappa shape index (κ3) is 2.67. The summed E-state index contributed by atoms with van der Waals surface area (Å²) in [5.41, 5.74) is 3.04. The maximum Gasteiger partial charge on any atom is 0.337 e. The first-order valence-electron chi connectivity index (χ1n) is 6.71. The molecule has 0 bridgehead atoms. The SMILES string of the molecule is Cc1nn(-c2ccccc2)cc1Nc1cnccc1C(=O)O. The van der Waals surface area contributed by atoms with Crippen LogP contribution in [0.1, 0.15) is 16.1 Å². The Labute approximate surface area is 127 Å². The predicted molar refractivity (Wildman–Crippen MR) is 82.8 cm³/mol. The second-order valence-electron chi connectivity index (χ2n) is 4.76. The van der Waals surface area contributed by atoms with E-state index in [0.29, 0.717) is 5.69 Å². The smallest absolute Gasteiger partial charge is 0.337 e. The Morgan fingerprint density at radius 3 is 2.68 bits per heavy atom. The highest BCUT2D eigenvalue weighted by atomic mass is 16.4. The quantitative estimate of drug-likeness (QED) is 0.773. The number of hydrogen-bond donors (Lipinski definition) is 2. The van der Waals surface area contributed by atoms with E-state index >= 15 is 0 Å². The van der Waals surface area contributed by atoms with Crippen molar-refractivity contribution in [3.05, 3.63) is 66.2 Å². The van der Waals surface area contributed by atoms with Crippen LogP contribution >= 0.6 is 0 Å². The number of aromatic nitrogens is 3. The lowest BCUT2D eigenvalue weighted by molar-refractivity contribution is 0.0698. The average molecular weight is 294 g/mol. The van der Waals surface area contributed by atoms with E-state index in [2.05, 4.69) is 15.4 Å². The second kappa shape index (κ2) is 5.69. The lowest BCUT2D eigenvalue weighted by Crippen LogP contribution is -2.03. The van der Waals surface area contributed by atoms with E-state index in [-0.39, 0.29) is 5.56 Å². The van der Waals surface area contributed by atoms with Crippen LogP contribution in [0.25, 0.3) is 5.69 Å². The molecule has 2 N–H and O–H groups in total. The van der Waals surface area contributed by atoms with Crippen molar-refractivity contribution >= 4 is 17.3 Å². The summed E-state index contributed by atoms with van der Waals surface area (Å²) in [6, 6.07) is 11.2. The van der Waals surface area contributed by atoms with Crippen molar-refractivity contribution in [3.8, 4) is 5.69 Å². The van der Waals surface area contributed by atoms with Gasteiger partial charge in [-0.25, -0.2) is 9.48 Å². The largest absolute Gasteiger partial charge is 0.478 e. The summed E-state index contributed by atoms with van der Waals surface area (Å²) < 4.78 is 1.74. The van der Waals surface area contributed by atoms with Gasteiger partial charge in [0.2, 0.25) is 0 Å². The van der Waals surface area contributed by atoms with Crippen molar-refractivity contribution in [2.75, 3.05) is 5.32 Å². The number of carboxylic acids is 1. The summed E-state index contributed by atoms with van der Waals surface area (Å²) in [7, 11) is 0. The van der Waals surface area contributed by atoms with Crippen LogP contribution in [0.15, 0.2) is 55.0 Å². The molecule has 2 aromatic heterocycles. The zero-order chi connectivity index (χ0) is 15.5. The van der Waals surface area contributed by atoms with Crippen LogP contribution in [-0.2, 0) is 0 Å². The van der Waals surface area contributed by atoms with Crippen molar-refractivity contribution in [1.82, 2.24) is 14.8 Å². The molecule has 110 valence electrons. The van der Waals surface area contributed by atoms with Crippen LogP contribution in [0, 0.1) is 6.92 Å². The predicted octanol–water partition coefficient (Wildman–Crippen LogP) is 3.02. The zero-order valence-electron chi connectivity index (χ0n) is 11.9. The van der Waals surface area contributed by atoms with E-state index in [1.54, 1.807) is 4.68 Å². The van der Waals surface area contributed by atoms with E-state index in [0.717, 1.165) is 17.1 Å². The summed E-state index contributed by atoms with van der Waals surface area (Å²) in [4.78, 5) is 15.2. The highest BCUT2D eigenvalue weighted by molar-refractivity contribution is 5.94. The Bertz CT molecular complexity index is 812. The third-order valence-corrected chi connectivity index (χ3v) is 3.24. The number of nitrogens with zero attached hydrogens (tertiary/aromatic N) is 3. The second-order valence-corrected chi connectivity index (χ2v) is 4.76. The fourth-order valence-electron chi connectivity index (χ4n) is 2.12. The summed E-state index contributed by atoms with van der Waals surface area (Å²) in [6.07, 6.45) is 4.76. The standard InChI is InChI=1S/C16H14N4O2/c1-11-15(10-20(19-11)12-5-3-2-4-6-12)18-14-9-17-8-7-13(14)16(21)22/h2-10,18H,1H3,(H,21,22). The first-order valence-corrected chi connectivity index (χ1v) is 6.71. The van der Waals surface area contributed by atoms with Gasteiger partial charge in [0.25, 0.3) is 0 Å². The molecule has 0 aliphatic carbocycles. The number of aromatic carboxylic acids is 1. The summed E-state index contributed by atoms with van der Waals surface area (Å²) in [5.74, 6) is -1.00. The van der Waals surface area contributed by atoms with Gasteiger partial charge >= 0.3 is 5.97 Å². The van der Waals surface area contributed by atoms with Crippen molar-refractivity contribution < 1.29 is 9.90 Å². The van der Waals surface area contributed by atoms with Crippen molar-refractivity contribution in [1.29, 1.82) is 0 Å². The number of aryl methyl sites for hydroxylation is 1. The Morgan fingerprint density at radius 1 is 1.18 bits per heavy atom. The normalized spacial score (nSPS) is 10.4. The molecule has 0 radical (unpaired) electrons. The number of carbonyl (C=O) groups is 1. The molecule has 6 nitrogen and oxygen atoms in total. The Hall–Kier alpha value is -3.15. The minimum atomic E-state index is -1.00. The summed E-state index contributed by atoms with van der Waals surface area (Å²) >= 11 is 0. The molecule has 3 rings (SSSR count). The maximum atomic E-state index is 11.2. The minimum absolute atomic E-state index is 0.168. The van der Waals surface area contributed by atoms with Gasteiger partial charge in [0.1, 0.15) is 0 Å². The van der Waals surface area contributed by atoms with Gasteiger partial charge in [0.15, 0.2) is 0 Å². The first-order chi connectivity index (χ1) is 10.6. The molecule has 22 heavy (non-hydrogen) atoms. The van der Waals surface area contributed by atoms with Crippen molar-refractivity contribution in [2.45, 2.75) is 6.92 Å². The van der Waals surface area contributed by atoms with Gasteiger partial charge in [0.05, 0.1) is 40.7 Å². The van der Waals surface area contributed by atoms with E-state index in [4.69, 9.17) is 0 Å². The maximum absolute atomic E-state index is 11.2. The average Bonchev–Trinajstić information content (AvgIpc) is 2.90. The van der Waals surface area contributed by atoms with E-state index < -0.39 is 5.97 Å². The molecule has 0 spiro atoms. The molecule has 0 amide bonds. The van der Waals surface area contributed by atoms with Gasteiger partial charge in [-0.2, -0.15) is 5.10 Å². The minimum Gasteiger partial charge on any atom is -0.478 e. The van der Waals surface area contributed by atoms with E-state index in [9.17, 15) is 9.90 Å². The molecule has 0 saturated heterocycles. The molecule has 0 unspecified atom stereocenters. The number of rotatable bonds is 4. The van der Waals surface area contributed by atoms with Gasteiger partial charge in [-0.15, -0.1) is 0 Å². The summed E-state index contributed by atoms with van der Waals surface area (Å²) in [5, 5.41) is 16.7. The molecule has 0 aliphatic rings. The number of benzene rings is 1. The van der Waals surface area contributed by atoms with Gasteiger partial charge < -0.3 is 10.4 Å². The highest BCUT2D eigenvalue weighted by Crippen LogP contribution is 2.23. The number of nitrogens with one attached hydrogen (secondary N) is 1. The van der Waals surface area contributed by atoms with Crippen LogP contribution < -0.4 is 5.32 Å². The lowest BCUT2D eigenvalue weighted by atomic mass is 10.2.